The van der Waals surface area contributed by atoms with Crippen LogP contribution in [0.25, 0.3) is 11.2 Å². The number of hydrogen-bond acceptors (Lipinski definition) is 6. The zero-order valence-electron chi connectivity index (χ0n) is 14.3. The molecule has 1 aromatic carbocycles. The molecule has 0 aliphatic carbocycles. The van der Waals surface area contributed by atoms with Crippen LogP contribution in [0.1, 0.15) is 18.4 Å². The normalized spacial score (nSPS) is 15.4. The van der Waals surface area contributed by atoms with E-state index in [4.69, 9.17) is 9.72 Å². The highest BCUT2D eigenvalue weighted by Gasteiger charge is 2.18. The lowest BCUT2D eigenvalue weighted by molar-refractivity contribution is 0.414. The lowest BCUT2D eigenvalue weighted by Gasteiger charge is -2.24. The van der Waals surface area contributed by atoms with Crippen LogP contribution in [0.3, 0.4) is 0 Å². The summed E-state index contributed by atoms with van der Waals surface area (Å²) in [5, 5.41) is 6.99. The summed E-state index contributed by atoms with van der Waals surface area (Å²) in [6.45, 7) is 2.77. The molecule has 1 saturated heterocycles. The summed E-state index contributed by atoms with van der Waals surface area (Å²) in [6, 6.07) is 8.52. The Morgan fingerprint density at radius 1 is 1.24 bits per heavy atom. The molecule has 7 nitrogen and oxygen atoms in total. The van der Waals surface area contributed by atoms with E-state index in [1.807, 2.05) is 12.1 Å². The molecule has 0 bridgehead atoms. The van der Waals surface area contributed by atoms with E-state index in [1.54, 1.807) is 19.6 Å². The van der Waals surface area contributed by atoms with Gasteiger partial charge in [-0.05, 0) is 43.6 Å². The van der Waals surface area contributed by atoms with Crippen LogP contribution >= 0.6 is 0 Å². The Kier molecular flexibility index (Phi) is 4.47. The van der Waals surface area contributed by atoms with Crippen molar-refractivity contribution in [1.29, 1.82) is 0 Å². The molecule has 0 unspecified atom stereocenters. The van der Waals surface area contributed by atoms with Crippen LogP contribution in [0, 0.1) is 0 Å². The molecule has 1 fully saturated rings. The van der Waals surface area contributed by atoms with E-state index in [0.29, 0.717) is 12.6 Å². The molecule has 0 amide bonds. The SMILES string of the molecule is COc1ccc(Cn2c(NC3CCNCC3)nc3cncnc32)cc1. The Hall–Kier alpha value is -2.67. The van der Waals surface area contributed by atoms with Gasteiger partial charge < -0.3 is 15.4 Å². The summed E-state index contributed by atoms with van der Waals surface area (Å²) in [5.41, 5.74) is 2.83. The van der Waals surface area contributed by atoms with Gasteiger partial charge in [-0.25, -0.2) is 15.0 Å². The lowest BCUT2D eigenvalue weighted by atomic mass is 10.1. The number of aromatic nitrogens is 4. The van der Waals surface area contributed by atoms with Crippen molar-refractivity contribution in [2.75, 3.05) is 25.5 Å². The number of nitrogens with one attached hydrogen (secondary N) is 2. The van der Waals surface area contributed by atoms with Crippen LogP contribution in [0.2, 0.25) is 0 Å². The topological polar surface area (TPSA) is 76.9 Å². The molecule has 3 heterocycles. The zero-order valence-corrected chi connectivity index (χ0v) is 14.3. The molecule has 0 atom stereocenters. The Morgan fingerprint density at radius 3 is 2.80 bits per heavy atom. The smallest absolute Gasteiger partial charge is 0.205 e. The average molecular weight is 338 g/mol. The lowest BCUT2D eigenvalue weighted by Crippen LogP contribution is -2.36. The number of fused-ring (bicyclic) bond motifs is 1. The van der Waals surface area contributed by atoms with Crippen molar-refractivity contribution in [3.8, 4) is 5.75 Å². The first-order valence-corrected chi connectivity index (χ1v) is 8.60. The minimum absolute atomic E-state index is 0.431. The summed E-state index contributed by atoms with van der Waals surface area (Å²) in [4.78, 5) is 13.3. The summed E-state index contributed by atoms with van der Waals surface area (Å²) < 4.78 is 7.37. The first-order valence-electron chi connectivity index (χ1n) is 8.60. The highest BCUT2D eigenvalue weighted by molar-refractivity contribution is 5.73. The Balaban J connectivity index is 1.65. The van der Waals surface area contributed by atoms with Crippen LogP contribution in [-0.4, -0.2) is 45.8 Å². The summed E-state index contributed by atoms with van der Waals surface area (Å²) in [7, 11) is 1.68. The summed E-state index contributed by atoms with van der Waals surface area (Å²) >= 11 is 0. The van der Waals surface area contributed by atoms with Gasteiger partial charge in [0.1, 0.15) is 17.6 Å². The molecular formula is C18H22N6O. The van der Waals surface area contributed by atoms with Crippen molar-refractivity contribution < 1.29 is 4.74 Å². The molecular weight excluding hydrogens is 316 g/mol. The number of benzene rings is 1. The van der Waals surface area contributed by atoms with Crippen molar-refractivity contribution in [3.63, 3.8) is 0 Å². The molecule has 0 saturated carbocycles. The number of imidazole rings is 1. The van der Waals surface area contributed by atoms with Crippen LogP contribution in [-0.2, 0) is 6.54 Å². The fourth-order valence-corrected chi connectivity index (χ4v) is 3.20. The predicted octanol–water partition coefficient (Wildman–Crippen LogP) is 2.05. The maximum atomic E-state index is 5.24. The Labute approximate surface area is 146 Å². The van der Waals surface area contributed by atoms with Crippen molar-refractivity contribution in [3.05, 3.63) is 42.4 Å². The molecule has 2 N–H and O–H groups in total. The maximum absolute atomic E-state index is 5.24. The quantitative estimate of drug-likeness (QED) is 0.741. The van der Waals surface area contributed by atoms with Gasteiger partial charge in [0.05, 0.1) is 19.9 Å². The van der Waals surface area contributed by atoms with E-state index >= 15 is 0 Å². The zero-order chi connectivity index (χ0) is 17.1. The summed E-state index contributed by atoms with van der Waals surface area (Å²) in [6.07, 6.45) is 5.53. The number of piperidine rings is 1. The van der Waals surface area contributed by atoms with Gasteiger partial charge in [0.25, 0.3) is 0 Å². The van der Waals surface area contributed by atoms with Crippen molar-refractivity contribution >= 4 is 17.1 Å². The molecule has 4 rings (SSSR count). The monoisotopic (exact) mass is 338 g/mol. The maximum Gasteiger partial charge on any atom is 0.205 e. The fourth-order valence-electron chi connectivity index (χ4n) is 3.20. The van der Waals surface area contributed by atoms with Gasteiger partial charge in [0, 0.05) is 6.04 Å². The second-order valence-electron chi connectivity index (χ2n) is 6.27. The molecule has 3 aromatic rings. The fraction of sp³-hybridized carbons (Fsp3) is 0.389. The van der Waals surface area contributed by atoms with Crippen molar-refractivity contribution in [2.45, 2.75) is 25.4 Å². The first-order chi connectivity index (χ1) is 12.3. The number of ether oxygens (including phenoxy) is 1. The van der Waals surface area contributed by atoms with E-state index in [-0.39, 0.29) is 0 Å². The minimum Gasteiger partial charge on any atom is -0.497 e. The van der Waals surface area contributed by atoms with E-state index in [2.05, 4.69) is 37.3 Å². The van der Waals surface area contributed by atoms with E-state index in [1.165, 1.54) is 5.56 Å². The van der Waals surface area contributed by atoms with E-state index < -0.39 is 0 Å². The minimum atomic E-state index is 0.431. The van der Waals surface area contributed by atoms with Gasteiger partial charge in [-0.3, -0.25) is 4.57 Å². The van der Waals surface area contributed by atoms with Gasteiger partial charge in [-0.2, -0.15) is 0 Å². The molecule has 0 radical (unpaired) electrons. The van der Waals surface area contributed by atoms with Gasteiger partial charge in [-0.1, -0.05) is 12.1 Å². The van der Waals surface area contributed by atoms with E-state index in [0.717, 1.165) is 48.8 Å². The summed E-state index contributed by atoms with van der Waals surface area (Å²) in [5.74, 6) is 1.72. The number of methoxy groups -OCH3 is 1. The van der Waals surface area contributed by atoms with Crippen molar-refractivity contribution in [2.24, 2.45) is 0 Å². The van der Waals surface area contributed by atoms with Gasteiger partial charge in [0.15, 0.2) is 5.65 Å². The molecule has 25 heavy (non-hydrogen) atoms. The molecule has 1 aliphatic heterocycles. The molecule has 0 spiro atoms. The van der Waals surface area contributed by atoms with Crippen LogP contribution < -0.4 is 15.4 Å². The third kappa shape index (κ3) is 3.41. The highest BCUT2D eigenvalue weighted by atomic mass is 16.5. The molecule has 1 aliphatic rings. The van der Waals surface area contributed by atoms with Gasteiger partial charge in [-0.15, -0.1) is 0 Å². The highest BCUT2D eigenvalue weighted by Crippen LogP contribution is 2.22. The molecule has 2 aromatic heterocycles. The first kappa shape index (κ1) is 15.8. The molecule has 7 heteroatoms. The van der Waals surface area contributed by atoms with Crippen LogP contribution in [0.15, 0.2) is 36.8 Å². The average Bonchev–Trinajstić information content (AvgIpc) is 3.00. The predicted molar refractivity (Wildman–Crippen MR) is 96.9 cm³/mol. The number of rotatable bonds is 5. The Bertz CT molecular complexity index is 838. The number of hydrogen-bond donors (Lipinski definition) is 2. The van der Waals surface area contributed by atoms with E-state index in [9.17, 15) is 0 Å². The Morgan fingerprint density at radius 2 is 2.04 bits per heavy atom. The largest absolute Gasteiger partial charge is 0.497 e. The van der Waals surface area contributed by atoms with Crippen LogP contribution in [0.4, 0.5) is 5.95 Å². The third-order valence-corrected chi connectivity index (χ3v) is 4.58. The third-order valence-electron chi connectivity index (χ3n) is 4.58. The van der Waals surface area contributed by atoms with Crippen molar-refractivity contribution in [1.82, 2.24) is 24.8 Å². The second-order valence-corrected chi connectivity index (χ2v) is 6.27. The van der Waals surface area contributed by atoms with Gasteiger partial charge in [0.2, 0.25) is 5.95 Å². The number of nitrogens with zero attached hydrogens (tertiary/aromatic N) is 4. The van der Waals surface area contributed by atoms with Gasteiger partial charge >= 0.3 is 0 Å². The second kappa shape index (κ2) is 7.06. The number of anilines is 1. The standard InChI is InChI=1S/C18H22N6O/c1-25-15-4-2-13(3-5-15)11-24-17-16(10-20-12-21-17)23-18(24)22-14-6-8-19-9-7-14/h2-5,10,12,14,19H,6-9,11H2,1H3,(H,22,23). The molecule has 130 valence electrons. The van der Waals surface area contributed by atoms with Crippen LogP contribution in [0.5, 0.6) is 5.75 Å².